The first-order valence-corrected chi connectivity index (χ1v) is 17.1. The highest BCUT2D eigenvalue weighted by Gasteiger charge is 2.58. The van der Waals surface area contributed by atoms with E-state index >= 15 is 0 Å². The van der Waals surface area contributed by atoms with Crippen LogP contribution < -0.4 is 0 Å². The quantitative estimate of drug-likeness (QED) is 0.267. The molecule has 0 spiro atoms. The SMILES string of the molecule is CC(C(C)(C)C)C(C)(C)C.CC(C)(C)C(C)(C)C(C)(C)C.CC(C)(C)C1(C(C)(C)C)CC1.CC(C)(C)CC(C)(C)C. The lowest BCUT2D eigenvalue weighted by molar-refractivity contribution is 0.00575. The van der Waals surface area contributed by atoms with E-state index in [1.54, 1.807) is 0 Å². The first-order chi connectivity index (χ1) is 17.1. The van der Waals surface area contributed by atoms with Crippen molar-refractivity contribution in [3.63, 3.8) is 0 Å². The molecule has 252 valence electrons. The molecular formula is C41H88. The van der Waals surface area contributed by atoms with Crippen LogP contribution in [0.4, 0.5) is 0 Å². The van der Waals surface area contributed by atoms with Gasteiger partial charge in [0.25, 0.3) is 0 Å². The standard InChI is InChI=1S/C11H22.C11H24.C10H22.C9H20/c1-9(2,3)11(7-8-11)10(4,5)6;1-9(2,3)11(7,8)10(4,5)6;1-8(9(2,3)4)10(5,6)7;1-8(2,3)7-9(4,5)6/h7-8H2,1-6H3;1-8H3;8H,1-7H3;7H2,1-6H3. The summed E-state index contributed by atoms with van der Waals surface area (Å²) in [5, 5.41) is 0. The summed E-state index contributed by atoms with van der Waals surface area (Å²) in [5.74, 6) is 0.764. The second-order valence-electron chi connectivity index (χ2n) is 23.0. The summed E-state index contributed by atoms with van der Waals surface area (Å²) in [5.41, 5.74) is 4.60. The van der Waals surface area contributed by atoms with Crippen LogP contribution >= 0.6 is 0 Å². The van der Waals surface area contributed by atoms with Crippen molar-refractivity contribution in [2.45, 2.75) is 206 Å². The Bertz CT molecular complexity index is 628. The molecule has 0 radical (unpaired) electrons. The van der Waals surface area contributed by atoms with Gasteiger partial charge in [0.2, 0.25) is 0 Å². The van der Waals surface area contributed by atoms with Gasteiger partial charge in [0.15, 0.2) is 0 Å². The highest BCUT2D eigenvalue weighted by molar-refractivity contribution is 5.08. The fourth-order valence-corrected chi connectivity index (χ4v) is 6.77. The molecule has 1 rings (SSSR count). The average Bonchev–Trinajstić information content (AvgIpc) is 3.37. The van der Waals surface area contributed by atoms with E-state index in [2.05, 4.69) is 187 Å². The van der Waals surface area contributed by atoms with Gasteiger partial charge in [-0.15, -0.1) is 0 Å². The zero-order valence-corrected chi connectivity index (χ0v) is 34.7. The predicted molar refractivity (Wildman–Crippen MR) is 195 cm³/mol. The minimum Gasteiger partial charge on any atom is -0.0615 e. The van der Waals surface area contributed by atoms with Gasteiger partial charge in [0.1, 0.15) is 0 Å². The van der Waals surface area contributed by atoms with E-state index in [-0.39, 0.29) is 0 Å². The Kier molecular flexibility index (Phi) is 15.5. The van der Waals surface area contributed by atoms with Gasteiger partial charge in [0.05, 0.1) is 0 Å². The van der Waals surface area contributed by atoms with Crippen molar-refractivity contribution in [3.8, 4) is 0 Å². The molecule has 1 saturated carbocycles. The van der Waals surface area contributed by atoms with Crippen LogP contribution in [0.5, 0.6) is 0 Å². The number of hydrogen-bond acceptors (Lipinski definition) is 0. The van der Waals surface area contributed by atoms with Crippen LogP contribution in [0, 0.1) is 60.1 Å². The van der Waals surface area contributed by atoms with E-state index in [0.717, 1.165) is 5.92 Å². The highest BCUT2D eigenvalue weighted by Crippen LogP contribution is 2.67. The first-order valence-electron chi connectivity index (χ1n) is 17.1. The van der Waals surface area contributed by atoms with E-state index in [4.69, 9.17) is 0 Å². The first kappa shape index (κ1) is 45.4. The molecule has 1 fully saturated rings. The summed E-state index contributed by atoms with van der Waals surface area (Å²) in [6.45, 7) is 62.8. The maximum absolute atomic E-state index is 2.38. The zero-order chi connectivity index (χ0) is 34.7. The summed E-state index contributed by atoms with van der Waals surface area (Å²) in [6, 6.07) is 0. The topological polar surface area (TPSA) is 0 Å². The van der Waals surface area contributed by atoms with Gasteiger partial charge in [-0.25, -0.2) is 0 Å². The number of hydrogen-bond donors (Lipinski definition) is 0. The summed E-state index contributed by atoms with van der Waals surface area (Å²) >= 11 is 0. The van der Waals surface area contributed by atoms with Crippen molar-refractivity contribution in [2.24, 2.45) is 60.1 Å². The lowest BCUT2D eigenvalue weighted by atomic mass is 9.56. The molecule has 0 aromatic carbocycles. The Morgan fingerprint density at radius 3 is 0.634 bits per heavy atom. The Morgan fingerprint density at radius 1 is 0.415 bits per heavy atom. The van der Waals surface area contributed by atoms with E-state index in [0.29, 0.717) is 54.1 Å². The van der Waals surface area contributed by atoms with Crippen molar-refractivity contribution in [1.82, 2.24) is 0 Å². The van der Waals surface area contributed by atoms with Gasteiger partial charge in [-0.3, -0.25) is 0 Å². The molecule has 1 aliphatic rings. The molecule has 0 N–H and O–H groups in total. The minimum atomic E-state index is 0.375. The van der Waals surface area contributed by atoms with Crippen LogP contribution in [0.2, 0.25) is 0 Å². The van der Waals surface area contributed by atoms with Crippen molar-refractivity contribution < 1.29 is 0 Å². The summed E-state index contributed by atoms with van der Waals surface area (Å²) in [7, 11) is 0. The molecule has 0 unspecified atom stereocenters. The molecule has 0 heterocycles. The maximum atomic E-state index is 2.38. The van der Waals surface area contributed by atoms with Gasteiger partial charge in [-0.2, -0.15) is 0 Å². The van der Waals surface area contributed by atoms with Gasteiger partial charge in [0, 0.05) is 0 Å². The number of rotatable bonds is 0. The van der Waals surface area contributed by atoms with Crippen LogP contribution in [-0.2, 0) is 0 Å². The van der Waals surface area contributed by atoms with Crippen LogP contribution in [-0.4, -0.2) is 0 Å². The van der Waals surface area contributed by atoms with Gasteiger partial charge in [-0.1, -0.05) is 187 Å². The van der Waals surface area contributed by atoms with Crippen molar-refractivity contribution in [2.75, 3.05) is 0 Å². The van der Waals surface area contributed by atoms with E-state index in [1.807, 2.05) is 0 Å². The van der Waals surface area contributed by atoms with E-state index in [1.165, 1.54) is 19.3 Å². The Balaban J connectivity index is -0.000000471. The monoisotopic (exact) mass is 581 g/mol. The molecule has 0 aromatic heterocycles. The molecule has 0 nitrogen and oxygen atoms in total. The lowest BCUT2D eigenvalue weighted by Crippen LogP contribution is -2.41. The second-order valence-corrected chi connectivity index (χ2v) is 23.0. The van der Waals surface area contributed by atoms with Gasteiger partial charge >= 0.3 is 0 Å². The largest absolute Gasteiger partial charge is 0.0615 e. The van der Waals surface area contributed by atoms with Crippen molar-refractivity contribution >= 4 is 0 Å². The maximum Gasteiger partial charge on any atom is -0.0200 e. The van der Waals surface area contributed by atoms with Crippen LogP contribution in [0.1, 0.15) is 206 Å². The Hall–Kier alpha value is 0. The molecule has 0 heteroatoms. The Labute approximate surface area is 265 Å². The normalized spacial score (nSPS) is 17.0. The molecule has 41 heavy (non-hydrogen) atoms. The smallest absolute Gasteiger partial charge is 0.0200 e. The van der Waals surface area contributed by atoms with E-state index < -0.39 is 0 Å². The van der Waals surface area contributed by atoms with E-state index in [9.17, 15) is 0 Å². The predicted octanol–water partition coefficient (Wildman–Crippen LogP) is 15.1. The lowest BCUT2D eigenvalue weighted by Gasteiger charge is -2.49. The molecule has 0 bridgehead atoms. The summed E-state index contributed by atoms with van der Waals surface area (Å²) < 4.78 is 0. The van der Waals surface area contributed by atoms with Gasteiger partial charge in [-0.05, 0) is 79.3 Å². The van der Waals surface area contributed by atoms with Crippen LogP contribution in [0.25, 0.3) is 0 Å². The third-order valence-corrected chi connectivity index (χ3v) is 11.0. The third kappa shape index (κ3) is 16.6. The molecule has 0 atom stereocenters. The molecule has 0 aromatic rings. The zero-order valence-electron chi connectivity index (χ0n) is 34.7. The van der Waals surface area contributed by atoms with Crippen molar-refractivity contribution in [1.29, 1.82) is 0 Å². The highest BCUT2D eigenvalue weighted by atomic mass is 14.6. The molecule has 0 aliphatic heterocycles. The molecule has 0 saturated heterocycles. The molecule has 1 aliphatic carbocycles. The second kappa shape index (κ2) is 14.0. The average molecular weight is 581 g/mol. The van der Waals surface area contributed by atoms with Crippen molar-refractivity contribution in [3.05, 3.63) is 0 Å². The summed E-state index contributed by atoms with van der Waals surface area (Å²) in [4.78, 5) is 0. The fraction of sp³-hybridized carbons (Fsp3) is 1.00. The van der Waals surface area contributed by atoms with Gasteiger partial charge < -0.3 is 0 Å². The fourth-order valence-electron chi connectivity index (χ4n) is 6.77. The molecule has 0 amide bonds. The van der Waals surface area contributed by atoms with Crippen LogP contribution in [0.15, 0.2) is 0 Å². The molecular weight excluding hydrogens is 492 g/mol. The van der Waals surface area contributed by atoms with Crippen LogP contribution in [0.3, 0.4) is 0 Å². The summed E-state index contributed by atoms with van der Waals surface area (Å²) in [6.07, 6.45) is 4.15. The Morgan fingerprint density at radius 2 is 0.634 bits per heavy atom. The minimum absolute atomic E-state index is 0.375. The third-order valence-electron chi connectivity index (χ3n) is 11.0.